The maximum Gasteiger partial charge on any atom is 0.161 e. The van der Waals surface area contributed by atoms with Crippen molar-refractivity contribution in [3.05, 3.63) is 82.8 Å². The number of rotatable bonds is 9. The van der Waals surface area contributed by atoms with Crippen molar-refractivity contribution < 1.29 is 13.9 Å². The zero-order chi connectivity index (χ0) is 18.2. The Labute approximate surface area is 158 Å². The highest BCUT2D eigenvalue weighted by Crippen LogP contribution is 2.30. The average molecular weight is 372 g/mol. The molecule has 0 aliphatic rings. The second kappa shape index (κ2) is 9.32. The SMILES string of the molecule is CCOc1cc(CNCc2ccco2)ccc1OCc1ccccc1Cl. The maximum atomic E-state index is 6.19. The van der Waals surface area contributed by atoms with Crippen molar-refractivity contribution in [2.75, 3.05) is 6.61 Å². The summed E-state index contributed by atoms with van der Waals surface area (Å²) in [6.07, 6.45) is 1.68. The van der Waals surface area contributed by atoms with Crippen LogP contribution in [0.1, 0.15) is 23.8 Å². The first-order valence-electron chi connectivity index (χ1n) is 8.61. The van der Waals surface area contributed by atoms with Gasteiger partial charge in [-0.05, 0) is 42.8 Å². The lowest BCUT2D eigenvalue weighted by atomic mass is 10.2. The lowest BCUT2D eigenvalue weighted by molar-refractivity contribution is 0.269. The number of hydrogen-bond donors (Lipinski definition) is 1. The van der Waals surface area contributed by atoms with Crippen molar-refractivity contribution in [1.82, 2.24) is 5.32 Å². The summed E-state index contributed by atoms with van der Waals surface area (Å²) in [6, 6.07) is 17.5. The second-order valence-electron chi connectivity index (χ2n) is 5.78. The van der Waals surface area contributed by atoms with Crippen LogP contribution in [0, 0.1) is 0 Å². The summed E-state index contributed by atoms with van der Waals surface area (Å²) in [5.41, 5.74) is 2.06. The lowest BCUT2D eigenvalue weighted by Crippen LogP contribution is -2.12. The van der Waals surface area contributed by atoms with Crippen LogP contribution in [0.3, 0.4) is 0 Å². The normalized spacial score (nSPS) is 10.7. The van der Waals surface area contributed by atoms with Gasteiger partial charge < -0.3 is 19.2 Å². The molecule has 2 aromatic carbocycles. The summed E-state index contributed by atoms with van der Waals surface area (Å²) < 4.78 is 17.0. The molecule has 0 unspecified atom stereocenters. The van der Waals surface area contributed by atoms with Crippen molar-refractivity contribution in [3.63, 3.8) is 0 Å². The minimum atomic E-state index is 0.399. The van der Waals surface area contributed by atoms with Crippen LogP contribution in [0.15, 0.2) is 65.3 Å². The summed E-state index contributed by atoms with van der Waals surface area (Å²) in [4.78, 5) is 0. The summed E-state index contributed by atoms with van der Waals surface area (Å²) >= 11 is 6.19. The predicted octanol–water partition coefficient (Wildman–Crippen LogP) is 5.20. The van der Waals surface area contributed by atoms with Crippen molar-refractivity contribution in [2.24, 2.45) is 0 Å². The fourth-order valence-electron chi connectivity index (χ4n) is 2.56. The summed E-state index contributed by atoms with van der Waals surface area (Å²) in [7, 11) is 0. The summed E-state index contributed by atoms with van der Waals surface area (Å²) in [5, 5.41) is 4.05. The number of halogens is 1. The summed E-state index contributed by atoms with van der Waals surface area (Å²) in [6.45, 7) is 4.33. The van der Waals surface area contributed by atoms with Gasteiger partial charge in [-0.1, -0.05) is 35.9 Å². The molecule has 0 aliphatic carbocycles. The number of ether oxygens (including phenoxy) is 2. The van der Waals surface area contributed by atoms with Crippen molar-refractivity contribution in [2.45, 2.75) is 26.6 Å². The molecule has 3 rings (SSSR count). The fraction of sp³-hybridized carbons (Fsp3) is 0.238. The molecular weight excluding hydrogens is 350 g/mol. The van der Waals surface area contributed by atoms with E-state index in [0.717, 1.165) is 22.6 Å². The molecule has 0 saturated carbocycles. The van der Waals surface area contributed by atoms with E-state index in [4.69, 9.17) is 25.5 Å². The van der Waals surface area contributed by atoms with E-state index in [2.05, 4.69) is 5.32 Å². The molecule has 0 atom stereocenters. The Balaban J connectivity index is 1.63. The van der Waals surface area contributed by atoms with Gasteiger partial charge in [0, 0.05) is 17.1 Å². The van der Waals surface area contributed by atoms with Gasteiger partial charge in [-0.25, -0.2) is 0 Å². The van der Waals surface area contributed by atoms with Crippen molar-refractivity contribution >= 4 is 11.6 Å². The minimum absolute atomic E-state index is 0.399. The van der Waals surface area contributed by atoms with E-state index in [1.165, 1.54) is 0 Å². The third-order valence-electron chi connectivity index (χ3n) is 3.86. The molecule has 0 saturated heterocycles. The van der Waals surface area contributed by atoms with Gasteiger partial charge in [0.25, 0.3) is 0 Å². The van der Waals surface area contributed by atoms with E-state index in [9.17, 15) is 0 Å². The minimum Gasteiger partial charge on any atom is -0.490 e. The van der Waals surface area contributed by atoms with E-state index in [0.29, 0.717) is 37.1 Å². The van der Waals surface area contributed by atoms with Gasteiger partial charge in [-0.3, -0.25) is 0 Å². The highest BCUT2D eigenvalue weighted by molar-refractivity contribution is 6.31. The first kappa shape index (κ1) is 18.4. The Kier molecular flexibility index (Phi) is 6.58. The average Bonchev–Trinajstić information content (AvgIpc) is 3.16. The molecule has 1 N–H and O–H groups in total. The van der Waals surface area contributed by atoms with E-state index in [1.807, 2.05) is 61.5 Å². The van der Waals surface area contributed by atoms with E-state index >= 15 is 0 Å². The zero-order valence-corrected chi connectivity index (χ0v) is 15.5. The molecule has 0 spiro atoms. The fourth-order valence-corrected chi connectivity index (χ4v) is 2.75. The van der Waals surface area contributed by atoms with Crippen LogP contribution < -0.4 is 14.8 Å². The van der Waals surface area contributed by atoms with E-state index in [1.54, 1.807) is 6.26 Å². The van der Waals surface area contributed by atoms with Gasteiger partial charge in [0.05, 0.1) is 19.4 Å². The Morgan fingerprint density at radius 2 is 1.85 bits per heavy atom. The monoisotopic (exact) mass is 371 g/mol. The van der Waals surface area contributed by atoms with Crippen LogP contribution in [-0.4, -0.2) is 6.61 Å². The number of benzene rings is 2. The first-order valence-corrected chi connectivity index (χ1v) is 8.99. The highest BCUT2D eigenvalue weighted by Gasteiger charge is 2.08. The molecule has 1 aromatic heterocycles. The van der Waals surface area contributed by atoms with E-state index in [-0.39, 0.29) is 0 Å². The first-order chi connectivity index (χ1) is 12.8. The van der Waals surface area contributed by atoms with Gasteiger partial charge >= 0.3 is 0 Å². The smallest absolute Gasteiger partial charge is 0.161 e. The number of furan rings is 1. The molecule has 0 aliphatic heterocycles. The van der Waals surface area contributed by atoms with Crippen LogP contribution in [0.5, 0.6) is 11.5 Å². The second-order valence-corrected chi connectivity index (χ2v) is 6.18. The summed E-state index contributed by atoms with van der Waals surface area (Å²) in [5.74, 6) is 2.35. The van der Waals surface area contributed by atoms with Crippen LogP contribution in [-0.2, 0) is 19.7 Å². The highest BCUT2D eigenvalue weighted by atomic mass is 35.5. The lowest BCUT2D eigenvalue weighted by Gasteiger charge is -2.14. The largest absolute Gasteiger partial charge is 0.490 e. The Hall–Kier alpha value is -2.43. The third-order valence-corrected chi connectivity index (χ3v) is 4.23. The molecule has 4 nitrogen and oxygen atoms in total. The molecule has 26 heavy (non-hydrogen) atoms. The van der Waals surface area contributed by atoms with Gasteiger partial charge in [-0.2, -0.15) is 0 Å². The predicted molar refractivity (Wildman–Crippen MR) is 103 cm³/mol. The molecule has 0 amide bonds. The standard InChI is InChI=1S/C21H22ClNO3/c1-2-24-21-12-16(13-23-14-18-7-5-11-25-18)9-10-20(21)26-15-17-6-3-4-8-19(17)22/h3-12,23H,2,13-15H2,1H3. The quantitative estimate of drug-likeness (QED) is 0.561. The molecule has 0 bridgehead atoms. The molecule has 0 radical (unpaired) electrons. The van der Waals surface area contributed by atoms with E-state index < -0.39 is 0 Å². The number of hydrogen-bond acceptors (Lipinski definition) is 4. The van der Waals surface area contributed by atoms with Gasteiger partial charge in [0.2, 0.25) is 0 Å². The van der Waals surface area contributed by atoms with Gasteiger partial charge in [0.1, 0.15) is 12.4 Å². The van der Waals surface area contributed by atoms with Crippen molar-refractivity contribution in [1.29, 1.82) is 0 Å². The Morgan fingerprint density at radius 3 is 2.62 bits per heavy atom. The van der Waals surface area contributed by atoms with Crippen LogP contribution >= 0.6 is 11.6 Å². The zero-order valence-electron chi connectivity index (χ0n) is 14.7. The molecule has 5 heteroatoms. The molecule has 1 heterocycles. The topological polar surface area (TPSA) is 43.6 Å². The van der Waals surface area contributed by atoms with Crippen molar-refractivity contribution in [3.8, 4) is 11.5 Å². The van der Waals surface area contributed by atoms with Crippen LogP contribution in [0.25, 0.3) is 0 Å². The Morgan fingerprint density at radius 1 is 0.962 bits per heavy atom. The molecule has 136 valence electrons. The molecular formula is C21H22ClNO3. The molecule has 3 aromatic rings. The van der Waals surface area contributed by atoms with Gasteiger partial charge in [-0.15, -0.1) is 0 Å². The number of nitrogens with one attached hydrogen (secondary N) is 1. The van der Waals surface area contributed by atoms with Crippen LogP contribution in [0.4, 0.5) is 0 Å². The van der Waals surface area contributed by atoms with Crippen LogP contribution in [0.2, 0.25) is 5.02 Å². The van der Waals surface area contributed by atoms with Gasteiger partial charge in [0.15, 0.2) is 11.5 Å². The maximum absolute atomic E-state index is 6.19. The molecule has 0 fully saturated rings. The Bertz CT molecular complexity index is 818. The third kappa shape index (κ3) is 5.04.